The molecule has 7 heteroatoms. The topological polar surface area (TPSA) is 71.6 Å². The van der Waals surface area contributed by atoms with Crippen molar-refractivity contribution in [3.05, 3.63) is 49.2 Å². The fraction of sp³-hybridized carbons (Fsp3) is 0.316. The average molecular weight is 345 g/mol. The lowest BCUT2D eigenvalue weighted by Gasteiger charge is -2.54. The van der Waals surface area contributed by atoms with Crippen molar-refractivity contribution in [1.29, 1.82) is 0 Å². The second-order valence-electron chi connectivity index (χ2n) is 7.60. The van der Waals surface area contributed by atoms with E-state index in [-0.39, 0.29) is 0 Å². The molecule has 1 aliphatic carbocycles. The zero-order valence-electron chi connectivity index (χ0n) is 14.3. The summed E-state index contributed by atoms with van der Waals surface area (Å²) < 4.78 is 3.93. The fourth-order valence-electron chi connectivity index (χ4n) is 4.33. The van der Waals surface area contributed by atoms with Crippen molar-refractivity contribution >= 4 is 17.1 Å². The van der Waals surface area contributed by atoms with Gasteiger partial charge in [-0.25, -0.2) is 14.5 Å². The van der Waals surface area contributed by atoms with Crippen molar-refractivity contribution in [1.82, 2.24) is 29.3 Å². The number of anilines is 1. The van der Waals surface area contributed by atoms with Gasteiger partial charge in [0.05, 0.1) is 11.7 Å². The third-order valence-electron chi connectivity index (χ3n) is 5.81. The van der Waals surface area contributed by atoms with Gasteiger partial charge in [-0.3, -0.25) is 0 Å². The van der Waals surface area contributed by atoms with Gasteiger partial charge in [0.2, 0.25) is 5.95 Å². The molecule has 1 saturated heterocycles. The van der Waals surface area contributed by atoms with Gasteiger partial charge in [-0.1, -0.05) is 0 Å². The Kier molecular flexibility index (Phi) is 2.77. The predicted octanol–water partition coefficient (Wildman–Crippen LogP) is 2.21. The third kappa shape index (κ3) is 2.07. The van der Waals surface area contributed by atoms with E-state index in [0.29, 0.717) is 17.4 Å². The molecule has 2 aliphatic rings. The Bertz CT molecular complexity index is 1110. The summed E-state index contributed by atoms with van der Waals surface area (Å²) in [6, 6.07) is 6.69. The van der Waals surface area contributed by atoms with Crippen LogP contribution in [0.1, 0.15) is 12.8 Å². The summed E-state index contributed by atoms with van der Waals surface area (Å²) in [7, 11) is 0. The second-order valence-corrected chi connectivity index (χ2v) is 7.60. The van der Waals surface area contributed by atoms with Crippen molar-refractivity contribution in [2.24, 2.45) is 5.41 Å². The Balaban J connectivity index is 1.29. The van der Waals surface area contributed by atoms with Gasteiger partial charge in [-0.2, -0.15) is 0 Å². The highest BCUT2D eigenvalue weighted by Gasteiger charge is 2.48. The Morgan fingerprint density at radius 1 is 1.12 bits per heavy atom. The maximum Gasteiger partial charge on any atom is 0.241 e. The highest BCUT2D eigenvalue weighted by Crippen LogP contribution is 2.45. The molecule has 0 aromatic carbocycles. The zero-order valence-corrected chi connectivity index (χ0v) is 14.3. The van der Waals surface area contributed by atoms with Crippen LogP contribution in [0.5, 0.6) is 0 Å². The average Bonchev–Trinajstić information content (AvgIpc) is 3.21. The SMILES string of the molecule is c1cn2cc(-c3ccn4nc(NC5CC6(CNC6)C5)ncc34)ccc2n1. The number of pyridine rings is 1. The Hall–Kier alpha value is -2.93. The molecule has 26 heavy (non-hydrogen) atoms. The maximum atomic E-state index is 4.65. The lowest BCUT2D eigenvalue weighted by molar-refractivity contribution is 0.0467. The normalized spacial score (nSPS) is 18.9. The molecule has 2 N–H and O–H groups in total. The molecule has 4 aromatic rings. The first-order valence-corrected chi connectivity index (χ1v) is 9.03. The number of imidazole rings is 1. The summed E-state index contributed by atoms with van der Waals surface area (Å²) in [5.41, 5.74) is 4.74. The van der Waals surface area contributed by atoms with Crippen molar-refractivity contribution in [2.75, 3.05) is 18.4 Å². The molecule has 0 bridgehead atoms. The number of hydrogen-bond donors (Lipinski definition) is 2. The van der Waals surface area contributed by atoms with E-state index in [1.165, 1.54) is 12.8 Å². The van der Waals surface area contributed by atoms with Crippen LogP contribution in [0.2, 0.25) is 0 Å². The first-order valence-electron chi connectivity index (χ1n) is 9.03. The highest BCUT2D eigenvalue weighted by atomic mass is 15.3. The smallest absolute Gasteiger partial charge is 0.241 e. The van der Waals surface area contributed by atoms with E-state index in [2.05, 4.69) is 44.0 Å². The van der Waals surface area contributed by atoms with Gasteiger partial charge in [0, 0.05) is 55.0 Å². The minimum absolute atomic E-state index is 0.494. The third-order valence-corrected chi connectivity index (χ3v) is 5.81. The van der Waals surface area contributed by atoms with Crippen molar-refractivity contribution in [3.63, 3.8) is 0 Å². The molecule has 130 valence electrons. The van der Waals surface area contributed by atoms with Crippen molar-refractivity contribution in [3.8, 4) is 11.1 Å². The van der Waals surface area contributed by atoms with Crippen LogP contribution in [0, 0.1) is 5.41 Å². The van der Waals surface area contributed by atoms with E-state index in [1.807, 2.05) is 39.8 Å². The first kappa shape index (κ1) is 14.3. The number of hydrogen-bond acceptors (Lipinski definition) is 5. The lowest BCUT2D eigenvalue weighted by Crippen LogP contribution is -2.63. The van der Waals surface area contributed by atoms with Gasteiger partial charge < -0.3 is 15.0 Å². The first-order chi connectivity index (χ1) is 12.8. The molecule has 1 aliphatic heterocycles. The molecule has 0 amide bonds. The van der Waals surface area contributed by atoms with E-state index in [1.54, 1.807) is 0 Å². The number of aromatic nitrogens is 5. The van der Waals surface area contributed by atoms with Crippen LogP contribution in [0.3, 0.4) is 0 Å². The monoisotopic (exact) mass is 345 g/mol. The van der Waals surface area contributed by atoms with Crippen LogP contribution in [0.15, 0.2) is 49.2 Å². The van der Waals surface area contributed by atoms with Gasteiger partial charge in [0.15, 0.2) is 0 Å². The second kappa shape index (κ2) is 5.04. The number of rotatable bonds is 3. The van der Waals surface area contributed by atoms with Gasteiger partial charge >= 0.3 is 0 Å². The number of fused-ring (bicyclic) bond motifs is 2. The van der Waals surface area contributed by atoms with E-state index < -0.39 is 0 Å². The summed E-state index contributed by atoms with van der Waals surface area (Å²) >= 11 is 0. The Morgan fingerprint density at radius 2 is 2.04 bits per heavy atom. The van der Waals surface area contributed by atoms with E-state index in [0.717, 1.165) is 35.4 Å². The van der Waals surface area contributed by atoms with Crippen LogP contribution in [-0.2, 0) is 0 Å². The maximum absolute atomic E-state index is 4.65. The van der Waals surface area contributed by atoms with E-state index in [9.17, 15) is 0 Å². The largest absolute Gasteiger partial charge is 0.350 e. The minimum Gasteiger partial charge on any atom is -0.350 e. The quantitative estimate of drug-likeness (QED) is 0.596. The van der Waals surface area contributed by atoms with Crippen molar-refractivity contribution in [2.45, 2.75) is 18.9 Å². The lowest BCUT2D eigenvalue weighted by atomic mass is 9.62. The fourth-order valence-corrected chi connectivity index (χ4v) is 4.33. The van der Waals surface area contributed by atoms with Gasteiger partial charge in [-0.05, 0) is 36.5 Å². The molecule has 1 saturated carbocycles. The van der Waals surface area contributed by atoms with E-state index in [4.69, 9.17) is 0 Å². The van der Waals surface area contributed by atoms with Gasteiger partial charge in [0.25, 0.3) is 0 Å². The molecule has 0 unspecified atom stereocenters. The Morgan fingerprint density at radius 3 is 2.88 bits per heavy atom. The van der Waals surface area contributed by atoms with Crippen molar-refractivity contribution < 1.29 is 0 Å². The zero-order chi connectivity index (χ0) is 17.1. The van der Waals surface area contributed by atoms with Gasteiger partial charge in [-0.15, -0.1) is 5.10 Å². The van der Waals surface area contributed by atoms with Crippen LogP contribution in [0.4, 0.5) is 5.95 Å². The summed E-state index contributed by atoms with van der Waals surface area (Å²) in [6.45, 7) is 2.32. The molecule has 4 aromatic heterocycles. The number of nitrogens with zero attached hydrogens (tertiary/aromatic N) is 5. The highest BCUT2D eigenvalue weighted by molar-refractivity contribution is 5.80. The summed E-state index contributed by atoms with van der Waals surface area (Å²) in [6.07, 6.45) is 12.2. The molecular formula is C19H19N7. The molecular weight excluding hydrogens is 326 g/mol. The summed E-state index contributed by atoms with van der Waals surface area (Å²) in [5.74, 6) is 0.705. The molecule has 0 radical (unpaired) electrons. The molecule has 7 nitrogen and oxygen atoms in total. The molecule has 0 atom stereocenters. The standard InChI is InChI=1S/C19H19N7/c1-2-17-21-4-6-25(17)10-13(1)15-3-5-26-16(15)9-22-18(24-26)23-14-7-19(8-14)11-20-12-19/h1-6,9-10,14,20H,7-8,11-12H2,(H,23,24). The van der Waals surface area contributed by atoms with Crippen LogP contribution < -0.4 is 10.6 Å². The van der Waals surface area contributed by atoms with Gasteiger partial charge in [0.1, 0.15) is 5.65 Å². The van der Waals surface area contributed by atoms with E-state index >= 15 is 0 Å². The molecule has 6 rings (SSSR count). The summed E-state index contributed by atoms with van der Waals surface area (Å²) in [5, 5.41) is 11.5. The van der Waals surface area contributed by atoms with Crippen LogP contribution >= 0.6 is 0 Å². The summed E-state index contributed by atoms with van der Waals surface area (Å²) in [4.78, 5) is 8.85. The predicted molar refractivity (Wildman–Crippen MR) is 99.1 cm³/mol. The van der Waals surface area contributed by atoms with Crippen LogP contribution in [-0.4, -0.2) is 43.1 Å². The van der Waals surface area contributed by atoms with Crippen LogP contribution in [0.25, 0.3) is 22.3 Å². The minimum atomic E-state index is 0.494. The molecule has 5 heterocycles. The Labute approximate surface area is 150 Å². The number of nitrogens with one attached hydrogen (secondary N) is 2. The molecule has 1 spiro atoms. The molecule has 2 fully saturated rings.